The van der Waals surface area contributed by atoms with E-state index < -0.39 is 0 Å². The molecule has 0 unspecified atom stereocenters. The fourth-order valence-electron chi connectivity index (χ4n) is 1.57. The Morgan fingerprint density at radius 3 is 2.72 bits per heavy atom. The van der Waals surface area contributed by atoms with Gasteiger partial charge in [-0.25, -0.2) is 0 Å². The Morgan fingerprint density at radius 1 is 1.28 bits per heavy atom. The van der Waals surface area contributed by atoms with Crippen LogP contribution < -0.4 is 10.1 Å². The molecule has 18 heavy (non-hydrogen) atoms. The van der Waals surface area contributed by atoms with Crippen molar-refractivity contribution in [2.75, 3.05) is 12.4 Å². The molecule has 0 amide bonds. The van der Waals surface area contributed by atoms with Crippen molar-refractivity contribution < 1.29 is 4.74 Å². The van der Waals surface area contributed by atoms with Gasteiger partial charge in [0.25, 0.3) is 0 Å². The summed E-state index contributed by atoms with van der Waals surface area (Å²) in [6, 6.07) is 9.67. The summed E-state index contributed by atoms with van der Waals surface area (Å²) in [7, 11) is 1.60. The van der Waals surface area contributed by atoms with E-state index in [-0.39, 0.29) is 0 Å². The zero-order chi connectivity index (χ0) is 13.0. The van der Waals surface area contributed by atoms with E-state index in [1.807, 2.05) is 43.5 Å². The van der Waals surface area contributed by atoms with Gasteiger partial charge in [0.2, 0.25) is 0 Å². The normalized spacial score (nSPS) is 10.2. The molecule has 0 spiro atoms. The number of benzene rings is 1. The third-order valence-electron chi connectivity index (χ3n) is 2.60. The van der Waals surface area contributed by atoms with Crippen LogP contribution in [0.4, 0.5) is 5.69 Å². The molecular formula is C14H15ClN2O. The summed E-state index contributed by atoms with van der Waals surface area (Å²) in [4.78, 5) is 4.33. The van der Waals surface area contributed by atoms with Crippen LogP contribution in [0.3, 0.4) is 0 Å². The summed E-state index contributed by atoms with van der Waals surface area (Å²) < 4.78 is 5.10. The van der Waals surface area contributed by atoms with E-state index in [1.165, 1.54) is 0 Å². The second kappa shape index (κ2) is 5.74. The molecule has 4 heteroatoms. The van der Waals surface area contributed by atoms with Gasteiger partial charge in [-0.05, 0) is 36.8 Å². The van der Waals surface area contributed by atoms with Gasteiger partial charge in [-0.2, -0.15) is 0 Å². The second-order valence-corrected chi connectivity index (χ2v) is 4.44. The number of rotatable bonds is 4. The molecule has 2 aromatic rings. The molecule has 1 aromatic carbocycles. The molecule has 0 aliphatic heterocycles. The molecule has 0 aliphatic carbocycles. The van der Waals surface area contributed by atoms with Gasteiger partial charge in [-0.1, -0.05) is 17.7 Å². The zero-order valence-electron chi connectivity index (χ0n) is 10.4. The lowest BCUT2D eigenvalue weighted by Gasteiger charge is -2.08. The molecule has 0 atom stereocenters. The Kier molecular flexibility index (Phi) is 4.05. The highest BCUT2D eigenvalue weighted by Crippen LogP contribution is 2.27. The minimum atomic E-state index is 0.597. The molecular weight excluding hydrogens is 248 g/mol. The molecule has 0 saturated carbocycles. The van der Waals surface area contributed by atoms with Gasteiger partial charge < -0.3 is 10.1 Å². The maximum atomic E-state index is 6.05. The fourth-order valence-corrected chi connectivity index (χ4v) is 1.83. The van der Waals surface area contributed by atoms with Gasteiger partial charge in [0.05, 0.1) is 24.4 Å². The molecule has 94 valence electrons. The third-order valence-corrected chi connectivity index (χ3v) is 2.89. The van der Waals surface area contributed by atoms with Crippen molar-refractivity contribution in [2.45, 2.75) is 13.5 Å². The first-order chi connectivity index (χ1) is 8.69. The van der Waals surface area contributed by atoms with Crippen LogP contribution in [0.15, 0.2) is 36.5 Å². The highest BCUT2D eigenvalue weighted by atomic mass is 35.5. The molecule has 0 aliphatic rings. The predicted molar refractivity (Wildman–Crippen MR) is 74.3 cm³/mol. The molecule has 0 fully saturated rings. The number of aryl methyl sites for hydroxylation is 1. The lowest BCUT2D eigenvalue weighted by atomic mass is 10.2. The van der Waals surface area contributed by atoms with Crippen LogP contribution in [0.5, 0.6) is 5.75 Å². The van der Waals surface area contributed by atoms with Crippen LogP contribution in [-0.2, 0) is 6.54 Å². The van der Waals surface area contributed by atoms with Crippen molar-refractivity contribution in [1.29, 1.82) is 0 Å². The lowest BCUT2D eigenvalue weighted by Crippen LogP contribution is -2.01. The summed E-state index contributed by atoms with van der Waals surface area (Å²) in [5.41, 5.74) is 3.10. The van der Waals surface area contributed by atoms with Crippen LogP contribution in [0, 0.1) is 6.92 Å². The van der Waals surface area contributed by atoms with Crippen molar-refractivity contribution in [2.24, 2.45) is 0 Å². The second-order valence-electron chi connectivity index (χ2n) is 4.03. The average molecular weight is 263 g/mol. The van der Waals surface area contributed by atoms with Crippen molar-refractivity contribution in [3.8, 4) is 5.75 Å². The molecule has 0 radical (unpaired) electrons. The first kappa shape index (κ1) is 12.7. The van der Waals surface area contributed by atoms with E-state index in [2.05, 4.69) is 10.3 Å². The van der Waals surface area contributed by atoms with Crippen LogP contribution in [0.2, 0.25) is 5.02 Å². The van der Waals surface area contributed by atoms with Crippen LogP contribution in [0.1, 0.15) is 11.3 Å². The Hall–Kier alpha value is -1.74. The number of nitrogens with one attached hydrogen (secondary N) is 1. The first-order valence-corrected chi connectivity index (χ1v) is 6.06. The van der Waals surface area contributed by atoms with Crippen LogP contribution in [-0.4, -0.2) is 12.1 Å². The monoisotopic (exact) mass is 262 g/mol. The molecule has 2 rings (SSSR count). The molecule has 1 heterocycles. The molecule has 1 N–H and O–H groups in total. The number of hydrogen-bond acceptors (Lipinski definition) is 3. The van der Waals surface area contributed by atoms with Gasteiger partial charge in [-0.3, -0.25) is 4.98 Å². The fraction of sp³-hybridized carbons (Fsp3) is 0.214. The minimum absolute atomic E-state index is 0.597. The first-order valence-electron chi connectivity index (χ1n) is 5.68. The third kappa shape index (κ3) is 3.14. The van der Waals surface area contributed by atoms with Gasteiger partial charge in [0, 0.05) is 11.9 Å². The van der Waals surface area contributed by atoms with Crippen molar-refractivity contribution in [1.82, 2.24) is 4.98 Å². The van der Waals surface area contributed by atoms with E-state index in [1.54, 1.807) is 7.11 Å². The standard InChI is InChI=1S/C14H15ClN2O/c1-10-3-4-12(16-8-10)9-17-11-5-6-14(18-2)13(15)7-11/h3-8,17H,9H2,1-2H3. The number of pyridine rings is 1. The number of aromatic nitrogens is 1. The summed E-state index contributed by atoms with van der Waals surface area (Å²) >= 11 is 6.05. The van der Waals surface area contributed by atoms with E-state index in [4.69, 9.17) is 16.3 Å². The number of hydrogen-bond donors (Lipinski definition) is 1. The van der Waals surface area contributed by atoms with E-state index in [0.29, 0.717) is 17.3 Å². The molecule has 0 saturated heterocycles. The van der Waals surface area contributed by atoms with Gasteiger partial charge in [0.15, 0.2) is 0 Å². The van der Waals surface area contributed by atoms with Crippen molar-refractivity contribution >= 4 is 17.3 Å². The number of nitrogens with zero attached hydrogens (tertiary/aromatic N) is 1. The Labute approximate surface area is 112 Å². The van der Waals surface area contributed by atoms with Crippen LogP contribution in [0.25, 0.3) is 0 Å². The summed E-state index contributed by atoms with van der Waals surface area (Å²) in [5, 5.41) is 3.87. The Balaban J connectivity index is 2.02. The SMILES string of the molecule is COc1ccc(NCc2ccc(C)cn2)cc1Cl. The van der Waals surface area contributed by atoms with Crippen molar-refractivity contribution in [3.63, 3.8) is 0 Å². The summed E-state index contributed by atoms with van der Waals surface area (Å²) in [5.74, 6) is 0.677. The number of anilines is 1. The Morgan fingerprint density at radius 2 is 2.11 bits per heavy atom. The molecule has 0 bridgehead atoms. The summed E-state index contributed by atoms with van der Waals surface area (Å²) in [6.07, 6.45) is 1.86. The van der Waals surface area contributed by atoms with Gasteiger partial charge >= 0.3 is 0 Å². The quantitative estimate of drug-likeness (QED) is 0.913. The topological polar surface area (TPSA) is 34.1 Å². The van der Waals surface area contributed by atoms with Gasteiger partial charge in [0.1, 0.15) is 5.75 Å². The highest BCUT2D eigenvalue weighted by molar-refractivity contribution is 6.32. The van der Waals surface area contributed by atoms with E-state index >= 15 is 0 Å². The smallest absolute Gasteiger partial charge is 0.137 e. The van der Waals surface area contributed by atoms with Crippen LogP contribution >= 0.6 is 11.6 Å². The molecule has 3 nitrogen and oxygen atoms in total. The number of ether oxygens (including phenoxy) is 1. The van der Waals surface area contributed by atoms with Crippen molar-refractivity contribution in [3.05, 3.63) is 52.8 Å². The minimum Gasteiger partial charge on any atom is -0.495 e. The maximum absolute atomic E-state index is 6.05. The zero-order valence-corrected chi connectivity index (χ0v) is 11.2. The molecule has 1 aromatic heterocycles. The lowest BCUT2D eigenvalue weighted by molar-refractivity contribution is 0.415. The largest absolute Gasteiger partial charge is 0.495 e. The van der Waals surface area contributed by atoms with E-state index in [0.717, 1.165) is 16.9 Å². The number of halogens is 1. The number of methoxy groups -OCH3 is 1. The van der Waals surface area contributed by atoms with E-state index in [9.17, 15) is 0 Å². The Bertz CT molecular complexity index is 526. The average Bonchev–Trinajstić information content (AvgIpc) is 2.38. The van der Waals surface area contributed by atoms with Gasteiger partial charge in [-0.15, -0.1) is 0 Å². The highest BCUT2D eigenvalue weighted by Gasteiger charge is 2.01. The summed E-state index contributed by atoms with van der Waals surface area (Å²) in [6.45, 7) is 2.69. The predicted octanol–water partition coefficient (Wildman–Crippen LogP) is 3.66. The maximum Gasteiger partial charge on any atom is 0.137 e.